The summed E-state index contributed by atoms with van der Waals surface area (Å²) >= 11 is 8.08. The van der Waals surface area contributed by atoms with Crippen LogP contribution >= 0.6 is 34.2 Å². The lowest BCUT2D eigenvalue weighted by atomic mass is 10.5. The minimum atomic E-state index is 0.551. The molecule has 0 unspecified atom stereocenters. The standard InChI is InChI=1S/C7H4ClIN2/c8-7-6-3-5(9)4-11(6)2-1-10-7/h1-4H. The van der Waals surface area contributed by atoms with Gasteiger partial charge < -0.3 is 4.40 Å². The van der Waals surface area contributed by atoms with E-state index in [0.717, 1.165) is 9.09 Å². The average molecular weight is 278 g/mol. The zero-order valence-corrected chi connectivity index (χ0v) is 8.37. The minimum Gasteiger partial charge on any atom is -0.319 e. The van der Waals surface area contributed by atoms with Crippen molar-refractivity contribution in [3.05, 3.63) is 33.4 Å². The van der Waals surface area contributed by atoms with Crippen molar-refractivity contribution in [2.24, 2.45) is 0 Å². The molecule has 0 N–H and O–H groups in total. The van der Waals surface area contributed by atoms with E-state index in [4.69, 9.17) is 11.6 Å². The van der Waals surface area contributed by atoms with E-state index in [1.54, 1.807) is 6.20 Å². The summed E-state index contributed by atoms with van der Waals surface area (Å²) in [6.07, 6.45) is 5.57. The summed E-state index contributed by atoms with van der Waals surface area (Å²) in [6, 6.07) is 2.00. The topological polar surface area (TPSA) is 17.3 Å². The first-order valence-corrected chi connectivity index (χ1v) is 4.51. The normalized spacial score (nSPS) is 10.7. The first kappa shape index (κ1) is 7.36. The first-order valence-electron chi connectivity index (χ1n) is 3.05. The van der Waals surface area contributed by atoms with Gasteiger partial charge in [-0.15, -0.1) is 0 Å². The molecule has 0 aromatic carbocycles. The molecule has 0 spiro atoms. The van der Waals surface area contributed by atoms with Gasteiger partial charge in [0.1, 0.15) is 0 Å². The molecule has 0 saturated heterocycles. The maximum absolute atomic E-state index is 5.84. The summed E-state index contributed by atoms with van der Waals surface area (Å²) in [5, 5.41) is 0.551. The van der Waals surface area contributed by atoms with Crippen LogP contribution in [0.5, 0.6) is 0 Å². The molecule has 4 heteroatoms. The van der Waals surface area contributed by atoms with Crippen molar-refractivity contribution in [1.29, 1.82) is 0 Å². The molecular weight excluding hydrogens is 274 g/mol. The maximum Gasteiger partial charge on any atom is 0.153 e. The lowest BCUT2D eigenvalue weighted by Gasteiger charge is -1.92. The Hall–Kier alpha value is -0.290. The Kier molecular flexibility index (Phi) is 1.77. The summed E-state index contributed by atoms with van der Waals surface area (Å²) in [6.45, 7) is 0. The van der Waals surface area contributed by atoms with Crippen molar-refractivity contribution in [3.8, 4) is 0 Å². The van der Waals surface area contributed by atoms with E-state index in [1.807, 2.05) is 22.9 Å². The van der Waals surface area contributed by atoms with Gasteiger partial charge in [0.25, 0.3) is 0 Å². The van der Waals surface area contributed by atoms with E-state index in [-0.39, 0.29) is 0 Å². The SMILES string of the molecule is Clc1nccn2cc(I)cc12. The van der Waals surface area contributed by atoms with Gasteiger partial charge in [0, 0.05) is 22.2 Å². The number of aromatic nitrogens is 2. The third kappa shape index (κ3) is 1.22. The number of nitrogens with zero attached hydrogens (tertiary/aromatic N) is 2. The molecule has 2 aromatic rings. The Morgan fingerprint density at radius 1 is 1.55 bits per heavy atom. The fraction of sp³-hybridized carbons (Fsp3) is 0. The van der Waals surface area contributed by atoms with Gasteiger partial charge in [0.15, 0.2) is 5.15 Å². The van der Waals surface area contributed by atoms with Crippen LogP contribution in [-0.4, -0.2) is 9.38 Å². The molecular formula is C7H4ClIN2. The molecule has 0 fully saturated rings. The summed E-state index contributed by atoms with van der Waals surface area (Å²) in [4.78, 5) is 3.96. The van der Waals surface area contributed by atoms with Gasteiger partial charge >= 0.3 is 0 Å². The Labute approximate surface area is 82.3 Å². The lowest BCUT2D eigenvalue weighted by molar-refractivity contribution is 1.14. The van der Waals surface area contributed by atoms with Gasteiger partial charge in [-0.3, -0.25) is 0 Å². The van der Waals surface area contributed by atoms with E-state index in [9.17, 15) is 0 Å². The van der Waals surface area contributed by atoms with Crippen LogP contribution in [0.25, 0.3) is 5.52 Å². The van der Waals surface area contributed by atoms with Crippen molar-refractivity contribution in [3.63, 3.8) is 0 Å². The zero-order valence-electron chi connectivity index (χ0n) is 5.46. The van der Waals surface area contributed by atoms with Gasteiger partial charge in [-0.25, -0.2) is 4.98 Å². The van der Waals surface area contributed by atoms with Crippen molar-refractivity contribution < 1.29 is 0 Å². The number of rotatable bonds is 0. The second-order valence-electron chi connectivity index (χ2n) is 2.17. The highest BCUT2D eigenvalue weighted by molar-refractivity contribution is 14.1. The smallest absolute Gasteiger partial charge is 0.153 e. The van der Waals surface area contributed by atoms with Crippen molar-refractivity contribution in [2.75, 3.05) is 0 Å². The monoisotopic (exact) mass is 278 g/mol. The summed E-state index contributed by atoms with van der Waals surface area (Å²) in [7, 11) is 0. The fourth-order valence-corrected chi connectivity index (χ4v) is 1.77. The van der Waals surface area contributed by atoms with Gasteiger partial charge in [0.05, 0.1) is 5.52 Å². The molecule has 0 amide bonds. The Morgan fingerprint density at radius 3 is 3.09 bits per heavy atom. The first-order chi connectivity index (χ1) is 5.27. The summed E-state index contributed by atoms with van der Waals surface area (Å²) in [5.41, 5.74) is 0.957. The Bertz CT molecular complexity index is 396. The Morgan fingerprint density at radius 2 is 2.36 bits per heavy atom. The average Bonchev–Trinajstić information content (AvgIpc) is 2.31. The highest BCUT2D eigenvalue weighted by Gasteiger charge is 2.00. The minimum absolute atomic E-state index is 0.551. The van der Waals surface area contributed by atoms with Crippen LogP contribution in [-0.2, 0) is 0 Å². The maximum atomic E-state index is 5.84. The molecule has 0 bridgehead atoms. The molecule has 0 saturated carbocycles. The van der Waals surface area contributed by atoms with Crippen LogP contribution in [0.1, 0.15) is 0 Å². The van der Waals surface area contributed by atoms with E-state index in [1.165, 1.54) is 0 Å². The highest BCUT2D eigenvalue weighted by atomic mass is 127. The number of hydrogen-bond acceptors (Lipinski definition) is 1. The Balaban J connectivity index is 2.90. The van der Waals surface area contributed by atoms with Crippen LogP contribution in [0, 0.1) is 3.57 Å². The van der Waals surface area contributed by atoms with E-state index in [2.05, 4.69) is 27.6 Å². The molecule has 0 aliphatic heterocycles. The van der Waals surface area contributed by atoms with E-state index in [0.29, 0.717) is 5.15 Å². The quantitative estimate of drug-likeness (QED) is 0.677. The fourth-order valence-electron chi connectivity index (χ4n) is 0.971. The predicted octanol–water partition coefficient (Wildman–Crippen LogP) is 2.59. The van der Waals surface area contributed by atoms with Crippen LogP contribution in [0.15, 0.2) is 24.7 Å². The van der Waals surface area contributed by atoms with Gasteiger partial charge in [0.2, 0.25) is 0 Å². The van der Waals surface area contributed by atoms with Crippen LogP contribution in [0.2, 0.25) is 5.15 Å². The van der Waals surface area contributed by atoms with E-state index >= 15 is 0 Å². The molecule has 2 heterocycles. The zero-order chi connectivity index (χ0) is 7.84. The molecule has 0 aliphatic carbocycles. The number of fused-ring (bicyclic) bond motifs is 1. The van der Waals surface area contributed by atoms with E-state index < -0.39 is 0 Å². The summed E-state index contributed by atoms with van der Waals surface area (Å²) < 4.78 is 3.12. The summed E-state index contributed by atoms with van der Waals surface area (Å²) in [5.74, 6) is 0. The van der Waals surface area contributed by atoms with Crippen molar-refractivity contribution in [1.82, 2.24) is 9.38 Å². The number of hydrogen-bond donors (Lipinski definition) is 0. The van der Waals surface area contributed by atoms with Crippen LogP contribution < -0.4 is 0 Å². The molecule has 0 aliphatic rings. The molecule has 2 nitrogen and oxygen atoms in total. The molecule has 0 radical (unpaired) electrons. The highest BCUT2D eigenvalue weighted by Crippen LogP contribution is 2.17. The molecule has 0 atom stereocenters. The van der Waals surface area contributed by atoms with Crippen LogP contribution in [0.3, 0.4) is 0 Å². The van der Waals surface area contributed by atoms with Crippen molar-refractivity contribution in [2.45, 2.75) is 0 Å². The van der Waals surface area contributed by atoms with Crippen LogP contribution in [0.4, 0.5) is 0 Å². The third-order valence-corrected chi connectivity index (χ3v) is 2.32. The molecule has 2 rings (SSSR count). The molecule has 2 aromatic heterocycles. The van der Waals surface area contributed by atoms with Gasteiger partial charge in [-0.05, 0) is 28.7 Å². The second-order valence-corrected chi connectivity index (χ2v) is 3.77. The number of halogens is 2. The second kappa shape index (κ2) is 2.64. The van der Waals surface area contributed by atoms with Crippen molar-refractivity contribution >= 4 is 39.7 Å². The largest absolute Gasteiger partial charge is 0.319 e. The lowest BCUT2D eigenvalue weighted by Crippen LogP contribution is -1.83. The molecule has 56 valence electrons. The molecule has 11 heavy (non-hydrogen) atoms. The third-order valence-electron chi connectivity index (χ3n) is 1.44. The van der Waals surface area contributed by atoms with Gasteiger partial charge in [-0.1, -0.05) is 11.6 Å². The van der Waals surface area contributed by atoms with Gasteiger partial charge in [-0.2, -0.15) is 0 Å². The predicted molar refractivity (Wildman–Crippen MR) is 52.9 cm³/mol.